The van der Waals surface area contributed by atoms with E-state index >= 15 is 0 Å². The molecule has 1 amide bonds. The van der Waals surface area contributed by atoms with E-state index in [1.165, 1.54) is 10.7 Å². The number of imidazole rings is 1. The standard InChI is InChI=1S/C19H18F3N5O/c1-10-5-13(8-23-7-10)14-6-11(2)17-24-9-15(27(17)26-14)18(28)25-16(12-3-4-12)19(20,21)22/h5-9,12,16H,3-4H2,1-2H3,(H,25,28)/t16-/m0/s1. The molecule has 28 heavy (non-hydrogen) atoms. The van der Waals surface area contributed by atoms with Gasteiger partial charge in [0.2, 0.25) is 0 Å². The molecule has 1 fully saturated rings. The van der Waals surface area contributed by atoms with Crippen LogP contribution in [-0.2, 0) is 0 Å². The summed E-state index contributed by atoms with van der Waals surface area (Å²) in [5.41, 5.74) is 3.39. The van der Waals surface area contributed by atoms with Crippen molar-refractivity contribution in [3.63, 3.8) is 0 Å². The van der Waals surface area contributed by atoms with Crippen molar-refractivity contribution in [3.8, 4) is 11.3 Å². The van der Waals surface area contributed by atoms with E-state index in [0.717, 1.165) is 16.7 Å². The highest BCUT2D eigenvalue weighted by molar-refractivity contribution is 5.93. The summed E-state index contributed by atoms with van der Waals surface area (Å²) in [6.07, 6.45) is 1.03. The number of fused-ring (bicyclic) bond motifs is 1. The van der Waals surface area contributed by atoms with E-state index in [4.69, 9.17) is 0 Å². The first-order valence-electron chi connectivity index (χ1n) is 8.89. The Kier molecular flexibility index (Phi) is 4.32. The highest BCUT2D eigenvalue weighted by Gasteiger charge is 2.49. The second kappa shape index (κ2) is 6.57. The van der Waals surface area contributed by atoms with Crippen LogP contribution in [0.3, 0.4) is 0 Å². The highest BCUT2D eigenvalue weighted by atomic mass is 19.4. The van der Waals surface area contributed by atoms with Crippen LogP contribution >= 0.6 is 0 Å². The number of aryl methyl sites for hydroxylation is 2. The molecular formula is C19H18F3N5O. The molecule has 1 aliphatic rings. The first kappa shape index (κ1) is 18.4. The van der Waals surface area contributed by atoms with Crippen LogP contribution in [0.1, 0.15) is 34.5 Å². The summed E-state index contributed by atoms with van der Waals surface area (Å²) < 4.78 is 41.1. The molecule has 3 aromatic rings. The van der Waals surface area contributed by atoms with Crippen molar-refractivity contribution in [2.24, 2.45) is 5.92 Å². The lowest BCUT2D eigenvalue weighted by Gasteiger charge is -2.21. The maximum atomic E-state index is 13.3. The minimum Gasteiger partial charge on any atom is -0.339 e. The van der Waals surface area contributed by atoms with Crippen molar-refractivity contribution in [2.45, 2.75) is 38.9 Å². The number of hydrogen-bond acceptors (Lipinski definition) is 4. The second-order valence-corrected chi connectivity index (χ2v) is 7.17. The van der Waals surface area contributed by atoms with Gasteiger partial charge in [-0.1, -0.05) is 0 Å². The quantitative estimate of drug-likeness (QED) is 0.742. The number of nitrogens with zero attached hydrogens (tertiary/aromatic N) is 4. The van der Waals surface area contributed by atoms with E-state index < -0.39 is 24.0 Å². The summed E-state index contributed by atoms with van der Waals surface area (Å²) in [6, 6.07) is 1.85. The number of aromatic nitrogens is 4. The zero-order chi connectivity index (χ0) is 20.1. The van der Waals surface area contributed by atoms with Gasteiger partial charge in [-0.2, -0.15) is 18.3 Å². The maximum absolute atomic E-state index is 13.3. The summed E-state index contributed by atoms with van der Waals surface area (Å²) >= 11 is 0. The normalized spacial score (nSPS) is 15.6. The van der Waals surface area contributed by atoms with Crippen molar-refractivity contribution >= 4 is 11.6 Å². The molecule has 0 aliphatic heterocycles. The Labute approximate surface area is 158 Å². The Morgan fingerprint density at radius 2 is 1.96 bits per heavy atom. The van der Waals surface area contributed by atoms with Gasteiger partial charge in [0.15, 0.2) is 11.3 Å². The number of pyridine rings is 1. The van der Waals surface area contributed by atoms with Crippen LogP contribution in [0, 0.1) is 19.8 Å². The molecule has 9 heteroatoms. The molecule has 0 spiro atoms. The fourth-order valence-electron chi connectivity index (χ4n) is 3.22. The third kappa shape index (κ3) is 3.44. The molecule has 0 saturated heterocycles. The largest absolute Gasteiger partial charge is 0.408 e. The average Bonchev–Trinajstić information content (AvgIpc) is 3.36. The van der Waals surface area contributed by atoms with Gasteiger partial charge < -0.3 is 5.32 Å². The van der Waals surface area contributed by atoms with Crippen molar-refractivity contribution < 1.29 is 18.0 Å². The molecule has 1 aliphatic carbocycles. The minimum absolute atomic E-state index is 0.0320. The fraction of sp³-hybridized carbons (Fsp3) is 0.368. The number of halogens is 3. The van der Waals surface area contributed by atoms with Crippen molar-refractivity contribution in [1.29, 1.82) is 0 Å². The monoisotopic (exact) mass is 389 g/mol. The Bertz CT molecular complexity index is 1060. The molecule has 0 unspecified atom stereocenters. The van der Waals surface area contributed by atoms with Crippen LogP contribution in [0.15, 0.2) is 30.7 Å². The van der Waals surface area contributed by atoms with Gasteiger partial charge in [0.1, 0.15) is 6.04 Å². The van der Waals surface area contributed by atoms with Gasteiger partial charge in [0.05, 0.1) is 11.9 Å². The molecule has 3 aromatic heterocycles. The lowest BCUT2D eigenvalue weighted by atomic mass is 10.1. The van der Waals surface area contributed by atoms with E-state index in [1.54, 1.807) is 19.3 Å². The van der Waals surface area contributed by atoms with Crippen LogP contribution in [0.4, 0.5) is 13.2 Å². The number of alkyl halides is 3. The summed E-state index contributed by atoms with van der Waals surface area (Å²) in [7, 11) is 0. The predicted octanol–water partition coefficient (Wildman–Crippen LogP) is 3.48. The van der Waals surface area contributed by atoms with E-state index in [1.807, 2.05) is 19.1 Å². The highest BCUT2D eigenvalue weighted by Crippen LogP contribution is 2.40. The summed E-state index contributed by atoms with van der Waals surface area (Å²) in [5.74, 6) is -1.40. The number of carbonyl (C=O) groups is 1. The summed E-state index contributed by atoms with van der Waals surface area (Å²) in [4.78, 5) is 20.9. The fourth-order valence-corrected chi connectivity index (χ4v) is 3.22. The van der Waals surface area contributed by atoms with E-state index in [-0.39, 0.29) is 5.69 Å². The zero-order valence-electron chi connectivity index (χ0n) is 15.3. The van der Waals surface area contributed by atoms with E-state index in [0.29, 0.717) is 24.2 Å². The number of amides is 1. The average molecular weight is 389 g/mol. The molecule has 1 saturated carbocycles. The molecule has 1 N–H and O–H groups in total. The van der Waals surface area contributed by atoms with E-state index in [2.05, 4.69) is 20.4 Å². The molecule has 0 radical (unpaired) electrons. The smallest absolute Gasteiger partial charge is 0.339 e. The molecule has 4 rings (SSSR count). The molecule has 0 bridgehead atoms. The third-order valence-corrected chi connectivity index (χ3v) is 4.79. The van der Waals surface area contributed by atoms with Crippen LogP contribution in [0.25, 0.3) is 16.9 Å². The number of rotatable bonds is 4. The van der Waals surface area contributed by atoms with Crippen molar-refractivity contribution in [2.75, 3.05) is 0 Å². The predicted molar refractivity (Wildman–Crippen MR) is 95.7 cm³/mol. The molecule has 146 valence electrons. The van der Waals surface area contributed by atoms with Gasteiger partial charge >= 0.3 is 6.18 Å². The van der Waals surface area contributed by atoms with Crippen molar-refractivity contribution in [3.05, 3.63) is 47.5 Å². The lowest BCUT2D eigenvalue weighted by Crippen LogP contribution is -2.47. The Morgan fingerprint density at radius 1 is 1.21 bits per heavy atom. The second-order valence-electron chi connectivity index (χ2n) is 7.17. The maximum Gasteiger partial charge on any atom is 0.408 e. The van der Waals surface area contributed by atoms with Gasteiger partial charge in [-0.25, -0.2) is 9.50 Å². The van der Waals surface area contributed by atoms with Crippen LogP contribution in [0.2, 0.25) is 0 Å². The minimum atomic E-state index is -4.49. The van der Waals surface area contributed by atoms with Gasteiger partial charge in [-0.3, -0.25) is 9.78 Å². The first-order chi connectivity index (χ1) is 13.2. The van der Waals surface area contributed by atoms with E-state index in [9.17, 15) is 18.0 Å². The number of nitrogens with one attached hydrogen (secondary N) is 1. The lowest BCUT2D eigenvalue weighted by molar-refractivity contribution is -0.158. The summed E-state index contributed by atoms with van der Waals surface area (Å²) in [6.45, 7) is 3.70. The van der Waals surface area contributed by atoms with Crippen LogP contribution < -0.4 is 5.32 Å². The van der Waals surface area contributed by atoms with Crippen LogP contribution in [-0.4, -0.2) is 37.7 Å². The zero-order valence-corrected chi connectivity index (χ0v) is 15.3. The molecular weight excluding hydrogens is 371 g/mol. The van der Waals surface area contributed by atoms with Crippen LogP contribution in [0.5, 0.6) is 0 Å². The van der Waals surface area contributed by atoms with Gasteiger partial charge in [0.25, 0.3) is 5.91 Å². The van der Waals surface area contributed by atoms with Gasteiger partial charge in [0, 0.05) is 18.0 Å². The van der Waals surface area contributed by atoms with Gasteiger partial charge in [-0.05, 0) is 55.9 Å². The molecule has 6 nitrogen and oxygen atoms in total. The Balaban J connectivity index is 1.72. The first-order valence-corrected chi connectivity index (χ1v) is 8.89. The topological polar surface area (TPSA) is 72.2 Å². The third-order valence-electron chi connectivity index (χ3n) is 4.79. The molecule has 3 heterocycles. The number of carbonyl (C=O) groups excluding carboxylic acids is 1. The van der Waals surface area contributed by atoms with Crippen molar-refractivity contribution in [1.82, 2.24) is 24.9 Å². The summed E-state index contributed by atoms with van der Waals surface area (Å²) in [5, 5.41) is 6.55. The number of hydrogen-bond donors (Lipinski definition) is 1. The molecule has 1 atom stereocenters. The van der Waals surface area contributed by atoms with Gasteiger partial charge in [-0.15, -0.1) is 0 Å². The Hall–Kier alpha value is -2.97. The molecule has 0 aromatic carbocycles. The Morgan fingerprint density at radius 3 is 2.61 bits per heavy atom. The SMILES string of the molecule is Cc1cncc(-c2cc(C)c3ncc(C(=O)N[C@@H](C4CC4)C(F)(F)F)n3n2)c1.